The molecule has 2 aromatic carbocycles. The van der Waals surface area contributed by atoms with E-state index in [-0.39, 0.29) is 12.3 Å². The molecular formula is C27H29BrCl2N4O4. The molecule has 1 aliphatic heterocycles. The van der Waals surface area contributed by atoms with Crippen LogP contribution in [0.2, 0.25) is 10.0 Å². The van der Waals surface area contributed by atoms with Gasteiger partial charge >= 0.3 is 6.09 Å². The van der Waals surface area contributed by atoms with Crippen molar-refractivity contribution in [1.29, 1.82) is 0 Å². The van der Waals surface area contributed by atoms with Gasteiger partial charge in [-0.3, -0.25) is 4.79 Å². The first kappa shape index (κ1) is 28.3. The predicted molar refractivity (Wildman–Crippen MR) is 152 cm³/mol. The van der Waals surface area contributed by atoms with Crippen molar-refractivity contribution in [1.82, 2.24) is 14.7 Å². The third-order valence-corrected chi connectivity index (χ3v) is 7.28. The molecule has 0 saturated carbocycles. The van der Waals surface area contributed by atoms with Gasteiger partial charge in [-0.1, -0.05) is 23.2 Å². The number of halogens is 3. The second-order valence-corrected chi connectivity index (χ2v) is 11.7. The molecule has 0 radical (unpaired) electrons. The number of carbonyl (C=O) groups excluding carboxylic acids is 2. The number of rotatable bonds is 4. The second kappa shape index (κ2) is 11.2. The Morgan fingerprint density at radius 3 is 2.58 bits per heavy atom. The summed E-state index contributed by atoms with van der Waals surface area (Å²) in [6.45, 7) is 10.3. The molecule has 11 heteroatoms. The maximum Gasteiger partial charge on any atom is 0.410 e. The SMILES string of the molecule is Cc1nn(-c2ccc(Cl)c(Cl)c2)c(C)c1CC(=O)Nc1cc(Br)c2c(c1)CN(C(=O)OC(C)(C)C)CCO2. The topological polar surface area (TPSA) is 85.7 Å². The monoisotopic (exact) mass is 622 g/mol. The van der Waals surface area contributed by atoms with Crippen molar-refractivity contribution in [2.75, 3.05) is 18.5 Å². The third-order valence-electron chi connectivity index (χ3n) is 5.95. The molecule has 0 atom stereocenters. The summed E-state index contributed by atoms with van der Waals surface area (Å²) in [7, 11) is 0. The molecule has 0 saturated heterocycles. The van der Waals surface area contributed by atoms with E-state index < -0.39 is 11.7 Å². The molecule has 1 aliphatic rings. The van der Waals surface area contributed by atoms with Crippen molar-refractivity contribution in [3.63, 3.8) is 0 Å². The summed E-state index contributed by atoms with van der Waals surface area (Å²) in [4.78, 5) is 27.4. The van der Waals surface area contributed by atoms with Crippen LogP contribution in [-0.4, -0.2) is 45.4 Å². The minimum atomic E-state index is -0.604. The Morgan fingerprint density at radius 1 is 1.16 bits per heavy atom. The van der Waals surface area contributed by atoms with Crippen molar-refractivity contribution >= 4 is 56.8 Å². The Morgan fingerprint density at radius 2 is 1.89 bits per heavy atom. The normalized spacial score (nSPS) is 13.4. The summed E-state index contributed by atoms with van der Waals surface area (Å²) in [5, 5.41) is 8.47. The van der Waals surface area contributed by atoms with Crippen molar-refractivity contribution in [3.05, 3.63) is 67.4 Å². The summed E-state index contributed by atoms with van der Waals surface area (Å²) >= 11 is 15.8. The zero-order valence-electron chi connectivity index (χ0n) is 21.8. The Hall–Kier alpha value is -2.75. The summed E-state index contributed by atoms with van der Waals surface area (Å²) in [6.07, 6.45) is -0.279. The summed E-state index contributed by atoms with van der Waals surface area (Å²) in [5.41, 5.74) is 3.90. The number of hydrogen-bond donors (Lipinski definition) is 1. The van der Waals surface area contributed by atoms with Crippen LogP contribution in [0.1, 0.15) is 43.3 Å². The first-order chi connectivity index (χ1) is 17.8. The lowest BCUT2D eigenvalue weighted by Gasteiger charge is -2.26. The number of amides is 2. The molecule has 1 N–H and O–H groups in total. The summed E-state index contributed by atoms with van der Waals surface area (Å²) < 4.78 is 13.9. The van der Waals surface area contributed by atoms with Gasteiger partial charge in [0.15, 0.2) is 0 Å². The highest BCUT2D eigenvalue weighted by Crippen LogP contribution is 2.35. The minimum Gasteiger partial charge on any atom is -0.490 e. The maximum atomic E-state index is 13.1. The fraction of sp³-hybridized carbons (Fsp3) is 0.370. The molecule has 0 bridgehead atoms. The number of benzene rings is 2. The quantitative estimate of drug-likeness (QED) is 0.343. The van der Waals surface area contributed by atoms with Crippen molar-refractivity contribution in [2.24, 2.45) is 0 Å². The zero-order chi connectivity index (χ0) is 27.8. The molecule has 38 heavy (non-hydrogen) atoms. The lowest BCUT2D eigenvalue weighted by Crippen LogP contribution is -2.37. The number of aryl methyl sites for hydroxylation is 1. The van der Waals surface area contributed by atoms with E-state index in [9.17, 15) is 9.59 Å². The van der Waals surface area contributed by atoms with Gasteiger partial charge in [0.2, 0.25) is 5.91 Å². The Labute approximate surface area is 240 Å². The summed E-state index contributed by atoms with van der Waals surface area (Å²) in [6, 6.07) is 8.89. The van der Waals surface area contributed by atoms with Gasteiger partial charge in [-0.05, 0) is 80.9 Å². The molecule has 0 unspecified atom stereocenters. The Bertz CT molecular complexity index is 1400. The van der Waals surface area contributed by atoms with Crippen molar-refractivity contribution in [3.8, 4) is 11.4 Å². The van der Waals surface area contributed by atoms with Crippen LogP contribution in [0.25, 0.3) is 5.69 Å². The first-order valence-corrected chi connectivity index (χ1v) is 13.6. The lowest BCUT2D eigenvalue weighted by molar-refractivity contribution is -0.115. The van der Waals surface area contributed by atoms with Gasteiger partial charge in [0.1, 0.15) is 18.0 Å². The van der Waals surface area contributed by atoms with E-state index >= 15 is 0 Å². The van der Waals surface area contributed by atoms with Gasteiger partial charge in [-0.2, -0.15) is 5.10 Å². The van der Waals surface area contributed by atoms with Crippen LogP contribution in [0.4, 0.5) is 10.5 Å². The van der Waals surface area contributed by atoms with E-state index in [1.807, 2.05) is 46.8 Å². The van der Waals surface area contributed by atoms with Gasteiger partial charge in [0.05, 0.1) is 45.4 Å². The summed E-state index contributed by atoms with van der Waals surface area (Å²) in [5.74, 6) is 0.443. The highest BCUT2D eigenvalue weighted by Gasteiger charge is 2.26. The van der Waals surface area contributed by atoms with E-state index in [1.165, 1.54) is 0 Å². The van der Waals surface area contributed by atoms with Gasteiger partial charge in [-0.25, -0.2) is 9.48 Å². The van der Waals surface area contributed by atoms with Gasteiger partial charge < -0.3 is 19.7 Å². The molecule has 0 aliphatic carbocycles. The van der Waals surface area contributed by atoms with E-state index in [1.54, 1.807) is 27.8 Å². The second-order valence-electron chi connectivity index (χ2n) is 10.1. The van der Waals surface area contributed by atoms with Crippen LogP contribution >= 0.6 is 39.1 Å². The fourth-order valence-electron chi connectivity index (χ4n) is 4.19. The van der Waals surface area contributed by atoms with Crippen LogP contribution in [0.5, 0.6) is 5.75 Å². The number of aromatic nitrogens is 2. The average molecular weight is 624 g/mol. The standard InChI is InChI=1S/C27H29BrCl2N4O4/c1-15-20(16(2)34(32-15)19-6-7-22(29)23(30)12-19)13-24(35)31-18-10-17-14-33(26(36)38-27(3,4)5)8-9-37-25(17)21(28)11-18/h6-7,10-12H,8-9,13-14H2,1-5H3,(H,31,35). The van der Waals surface area contributed by atoms with Crippen LogP contribution in [0, 0.1) is 13.8 Å². The average Bonchev–Trinajstić information content (AvgIpc) is 2.97. The highest BCUT2D eigenvalue weighted by atomic mass is 79.9. The van der Waals surface area contributed by atoms with Crippen LogP contribution < -0.4 is 10.1 Å². The van der Waals surface area contributed by atoms with Gasteiger partial charge in [0, 0.05) is 22.5 Å². The lowest BCUT2D eigenvalue weighted by atomic mass is 10.1. The number of ether oxygens (including phenoxy) is 2. The number of nitrogens with zero attached hydrogens (tertiary/aromatic N) is 3. The van der Waals surface area contributed by atoms with Gasteiger partial charge in [-0.15, -0.1) is 0 Å². The number of fused-ring (bicyclic) bond motifs is 1. The number of anilines is 1. The highest BCUT2D eigenvalue weighted by molar-refractivity contribution is 9.10. The fourth-order valence-corrected chi connectivity index (χ4v) is 5.10. The molecule has 2 heterocycles. The number of nitrogens with one attached hydrogen (secondary N) is 1. The van der Waals surface area contributed by atoms with E-state index in [0.717, 1.165) is 28.2 Å². The molecule has 202 valence electrons. The van der Waals surface area contributed by atoms with Crippen molar-refractivity contribution < 1.29 is 19.1 Å². The first-order valence-electron chi connectivity index (χ1n) is 12.1. The van der Waals surface area contributed by atoms with E-state index in [4.69, 9.17) is 32.7 Å². The molecule has 2 amide bonds. The molecule has 4 rings (SSSR count). The van der Waals surface area contributed by atoms with Gasteiger partial charge in [0.25, 0.3) is 0 Å². The maximum absolute atomic E-state index is 13.1. The molecule has 1 aromatic heterocycles. The van der Waals surface area contributed by atoms with E-state index in [2.05, 4.69) is 26.3 Å². The molecular weight excluding hydrogens is 595 g/mol. The van der Waals surface area contributed by atoms with Crippen LogP contribution in [0.3, 0.4) is 0 Å². The number of carbonyl (C=O) groups is 2. The van der Waals surface area contributed by atoms with Crippen molar-refractivity contribution in [2.45, 2.75) is 53.2 Å². The molecule has 3 aromatic rings. The van der Waals surface area contributed by atoms with Crippen LogP contribution in [-0.2, 0) is 22.5 Å². The predicted octanol–water partition coefficient (Wildman–Crippen LogP) is 6.87. The molecule has 0 fully saturated rings. The Balaban J connectivity index is 1.52. The smallest absolute Gasteiger partial charge is 0.410 e. The minimum absolute atomic E-state index is 0.133. The molecule has 0 spiro atoms. The van der Waals surface area contributed by atoms with Crippen LogP contribution in [0.15, 0.2) is 34.8 Å². The molecule has 8 nitrogen and oxygen atoms in total. The van der Waals surface area contributed by atoms with E-state index in [0.29, 0.717) is 45.7 Å². The third kappa shape index (κ3) is 6.45. The number of hydrogen-bond acceptors (Lipinski definition) is 5. The zero-order valence-corrected chi connectivity index (χ0v) is 24.9. The Kier molecular flexibility index (Phi) is 8.30. The largest absolute Gasteiger partial charge is 0.490 e.